The highest BCUT2D eigenvalue weighted by atomic mass is 32.1. The molecular weight excluding hydrogens is 310 g/mol. The molecule has 0 saturated heterocycles. The summed E-state index contributed by atoms with van der Waals surface area (Å²) in [6.07, 6.45) is 3.64. The normalized spacial score (nSPS) is 12.4. The molecule has 0 atom stereocenters. The van der Waals surface area contributed by atoms with Gasteiger partial charge in [0.15, 0.2) is 16.6 Å². The third-order valence-electron chi connectivity index (χ3n) is 3.57. The van der Waals surface area contributed by atoms with E-state index in [-0.39, 0.29) is 6.79 Å². The number of ether oxygens (including phenoxy) is 2. The molecule has 1 aromatic carbocycles. The van der Waals surface area contributed by atoms with Crippen LogP contribution < -0.4 is 14.4 Å². The highest BCUT2D eigenvalue weighted by Crippen LogP contribution is 2.42. The van der Waals surface area contributed by atoms with E-state index in [4.69, 9.17) is 14.5 Å². The van der Waals surface area contributed by atoms with Gasteiger partial charge in [0, 0.05) is 37.6 Å². The van der Waals surface area contributed by atoms with Gasteiger partial charge in [-0.1, -0.05) is 17.4 Å². The Morgan fingerprint density at radius 3 is 2.74 bits per heavy atom. The van der Waals surface area contributed by atoms with Crippen LogP contribution in [0.15, 0.2) is 42.7 Å². The Labute approximate surface area is 138 Å². The molecule has 0 bridgehead atoms. The number of benzene rings is 1. The molecule has 4 rings (SSSR count). The fourth-order valence-electron chi connectivity index (χ4n) is 2.43. The van der Waals surface area contributed by atoms with E-state index in [9.17, 15) is 0 Å². The standard InChI is InChI=1S/C17H15N3O2S/c1-20(2)17-19-15(16(23-17)12-4-3-7-18-9-12)11-5-6-13-14(8-11)22-10-21-13/h3-9H,10H2,1-2H3. The van der Waals surface area contributed by atoms with Crippen LogP contribution in [-0.2, 0) is 0 Å². The molecule has 0 radical (unpaired) electrons. The smallest absolute Gasteiger partial charge is 0.231 e. The summed E-state index contributed by atoms with van der Waals surface area (Å²) in [6, 6.07) is 9.92. The van der Waals surface area contributed by atoms with Gasteiger partial charge in [-0.15, -0.1) is 0 Å². The summed E-state index contributed by atoms with van der Waals surface area (Å²) in [5.74, 6) is 1.54. The molecule has 23 heavy (non-hydrogen) atoms. The molecule has 3 aromatic rings. The molecule has 0 N–H and O–H groups in total. The van der Waals surface area contributed by atoms with E-state index < -0.39 is 0 Å². The molecule has 2 aromatic heterocycles. The van der Waals surface area contributed by atoms with E-state index in [1.165, 1.54) is 0 Å². The van der Waals surface area contributed by atoms with E-state index in [0.29, 0.717) is 0 Å². The molecule has 5 nitrogen and oxygen atoms in total. The maximum atomic E-state index is 5.49. The molecule has 0 amide bonds. The number of anilines is 1. The summed E-state index contributed by atoms with van der Waals surface area (Å²) in [6.45, 7) is 0.272. The van der Waals surface area contributed by atoms with Gasteiger partial charge in [0.25, 0.3) is 0 Å². The lowest BCUT2D eigenvalue weighted by Crippen LogP contribution is -2.07. The van der Waals surface area contributed by atoms with Crippen LogP contribution in [0, 0.1) is 0 Å². The van der Waals surface area contributed by atoms with Crippen molar-refractivity contribution in [3.63, 3.8) is 0 Å². The van der Waals surface area contributed by atoms with E-state index in [0.717, 1.165) is 38.3 Å². The van der Waals surface area contributed by atoms with Crippen molar-refractivity contribution in [2.24, 2.45) is 0 Å². The second kappa shape index (κ2) is 5.55. The predicted octanol–water partition coefficient (Wildman–Crippen LogP) is 3.67. The number of hydrogen-bond donors (Lipinski definition) is 0. The average molecular weight is 325 g/mol. The predicted molar refractivity (Wildman–Crippen MR) is 91.2 cm³/mol. The van der Waals surface area contributed by atoms with Crippen molar-refractivity contribution in [3.05, 3.63) is 42.7 Å². The highest BCUT2D eigenvalue weighted by Gasteiger charge is 2.19. The van der Waals surface area contributed by atoms with Gasteiger partial charge in [-0.3, -0.25) is 4.98 Å². The van der Waals surface area contributed by atoms with E-state index in [1.54, 1.807) is 17.5 Å². The quantitative estimate of drug-likeness (QED) is 0.735. The Hall–Kier alpha value is -2.60. The molecule has 3 heterocycles. The minimum atomic E-state index is 0.272. The van der Waals surface area contributed by atoms with Gasteiger partial charge in [-0.05, 0) is 24.3 Å². The zero-order valence-electron chi connectivity index (χ0n) is 12.8. The maximum Gasteiger partial charge on any atom is 0.231 e. The lowest BCUT2D eigenvalue weighted by Gasteiger charge is -2.05. The largest absolute Gasteiger partial charge is 0.454 e. The fourth-order valence-corrected chi connectivity index (χ4v) is 3.43. The molecule has 1 aliphatic rings. The van der Waals surface area contributed by atoms with Crippen molar-refractivity contribution in [2.75, 3.05) is 25.8 Å². The summed E-state index contributed by atoms with van der Waals surface area (Å²) in [5, 5.41) is 0.955. The summed E-state index contributed by atoms with van der Waals surface area (Å²) in [5.41, 5.74) is 3.01. The Morgan fingerprint density at radius 2 is 1.96 bits per heavy atom. The Morgan fingerprint density at radius 1 is 1.09 bits per heavy atom. The molecule has 0 aliphatic carbocycles. The number of aromatic nitrogens is 2. The number of nitrogens with zero attached hydrogens (tertiary/aromatic N) is 3. The molecule has 0 fully saturated rings. The third kappa shape index (κ3) is 2.51. The fraction of sp³-hybridized carbons (Fsp3) is 0.176. The van der Waals surface area contributed by atoms with Crippen molar-refractivity contribution in [3.8, 4) is 33.2 Å². The highest BCUT2D eigenvalue weighted by molar-refractivity contribution is 7.19. The molecule has 6 heteroatoms. The minimum Gasteiger partial charge on any atom is -0.454 e. The van der Waals surface area contributed by atoms with Crippen LogP contribution in [0.5, 0.6) is 11.5 Å². The minimum absolute atomic E-state index is 0.272. The van der Waals surface area contributed by atoms with Crippen LogP contribution >= 0.6 is 11.3 Å². The van der Waals surface area contributed by atoms with Crippen LogP contribution in [0.1, 0.15) is 0 Å². The van der Waals surface area contributed by atoms with Crippen LogP contribution in [0.4, 0.5) is 5.13 Å². The second-order valence-corrected chi connectivity index (χ2v) is 6.36. The molecular formula is C17H15N3O2S. The zero-order chi connectivity index (χ0) is 15.8. The summed E-state index contributed by atoms with van der Waals surface area (Å²) >= 11 is 1.65. The van der Waals surface area contributed by atoms with Crippen LogP contribution in [0.3, 0.4) is 0 Å². The lowest BCUT2D eigenvalue weighted by atomic mass is 10.1. The van der Waals surface area contributed by atoms with Crippen molar-refractivity contribution >= 4 is 16.5 Å². The first kappa shape index (κ1) is 14.0. The van der Waals surface area contributed by atoms with Gasteiger partial charge in [0.05, 0.1) is 10.6 Å². The first-order valence-corrected chi connectivity index (χ1v) is 8.02. The van der Waals surface area contributed by atoms with E-state index >= 15 is 0 Å². The lowest BCUT2D eigenvalue weighted by molar-refractivity contribution is 0.174. The van der Waals surface area contributed by atoms with Gasteiger partial charge in [0.1, 0.15) is 0 Å². The zero-order valence-corrected chi connectivity index (χ0v) is 13.6. The topological polar surface area (TPSA) is 47.5 Å². The molecule has 1 aliphatic heterocycles. The summed E-state index contributed by atoms with van der Waals surface area (Å²) in [4.78, 5) is 12.1. The molecule has 0 saturated carbocycles. The van der Waals surface area contributed by atoms with Gasteiger partial charge in [0.2, 0.25) is 6.79 Å². The van der Waals surface area contributed by atoms with Crippen molar-refractivity contribution in [2.45, 2.75) is 0 Å². The van der Waals surface area contributed by atoms with E-state index in [1.807, 2.05) is 49.5 Å². The second-order valence-electron chi connectivity index (χ2n) is 5.38. The van der Waals surface area contributed by atoms with Crippen molar-refractivity contribution in [1.29, 1.82) is 0 Å². The van der Waals surface area contributed by atoms with Crippen LogP contribution in [-0.4, -0.2) is 30.9 Å². The third-order valence-corrected chi connectivity index (χ3v) is 4.84. The van der Waals surface area contributed by atoms with Crippen LogP contribution in [0.25, 0.3) is 21.7 Å². The summed E-state index contributed by atoms with van der Waals surface area (Å²) in [7, 11) is 3.99. The first-order valence-electron chi connectivity index (χ1n) is 7.21. The molecule has 0 spiro atoms. The first-order chi connectivity index (χ1) is 11.2. The monoisotopic (exact) mass is 325 g/mol. The molecule has 0 unspecified atom stereocenters. The van der Waals surface area contributed by atoms with Gasteiger partial charge < -0.3 is 14.4 Å². The Balaban J connectivity index is 1.87. The van der Waals surface area contributed by atoms with Gasteiger partial charge >= 0.3 is 0 Å². The molecule has 116 valence electrons. The number of fused-ring (bicyclic) bond motifs is 1. The Bertz CT molecular complexity index is 846. The van der Waals surface area contributed by atoms with Crippen molar-refractivity contribution in [1.82, 2.24) is 9.97 Å². The number of rotatable bonds is 3. The van der Waals surface area contributed by atoms with E-state index in [2.05, 4.69) is 11.1 Å². The SMILES string of the molecule is CN(C)c1nc(-c2ccc3c(c2)OCO3)c(-c2cccnc2)s1. The van der Waals surface area contributed by atoms with Crippen molar-refractivity contribution < 1.29 is 9.47 Å². The van der Waals surface area contributed by atoms with Gasteiger partial charge in [-0.25, -0.2) is 4.98 Å². The van der Waals surface area contributed by atoms with Crippen LogP contribution in [0.2, 0.25) is 0 Å². The number of thiazole rings is 1. The average Bonchev–Trinajstić information content (AvgIpc) is 3.22. The summed E-state index contributed by atoms with van der Waals surface area (Å²) < 4.78 is 10.9. The Kier molecular flexibility index (Phi) is 3.38. The maximum absolute atomic E-state index is 5.49. The number of hydrogen-bond acceptors (Lipinski definition) is 6. The number of pyridine rings is 1. The van der Waals surface area contributed by atoms with Gasteiger partial charge in [-0.2, -0.15) is 0 Å².